The van der Waals surface area contributed by atoms with Gasteiger partial charge in [0.25, 0.3) is 0 Å². The molecule has 0 radical (unpaired) electrons. The fourth-order valence-electron chi connectivity index (χ4n) is 3.27. The first-order valence-corrected chi connectivity index (χ1v) is 7.34. The highest BCUT2D eigenvalue weighted by Crippen LogP contribution is 2.34. The van der Waals surface area contributed by atoms with E-state index in [0.29, 0.717) is 5.92 Å². The minimum Gasteiger partial charge on any atom is -0.497 e. The molecule has 4 unspecified atom stereocenters. The van der Waals surface area contributed by atoms with Crippen molar-refractivity contribution < 1.29 is 9.84 Å². The fourth-order valence-corrected chi connectivity index (χ4v) is 3.27. The molecular weight excluding hydrogens is 252 g/mol. The largest absolute Gasteiger partial charge is 0.497 e. The minimum atomic E-state index is 0.0164. The third-order valence-electron chi connectivity index (χ3n) is 4.43. The number of likely N-dealkylation sites (tertiary alicyclic amines) is 1. The molecule has 0 aliphatic carbocycles. The van der Waals surface area contributed by atoms with Crippen molar-refractivity contribution in [3.05, 3.63) is 29.8 Å². The number of benzene rings is 1. The molecule has 2 rings (SSSR count). The first-order chi connectivity index (χ1) is 9.58. The molecule has 0 aromatic heterocycles. The Bertz CT molecular complexity index is 419. The quantitative estimate of drug-likeness (QED) is 0.862. The van der Waals surface area contributed by atoms with Crippen LogP contribution >= 0.6 is 0 Å². The van der Waals surface area contributed by atoms with Gasteiger partial charge >= 0.3 is 0 Å². The highest BCUT2D eigenvalue weighted by molar-refractivity contribution is 5.30. The molecule has 0 amide bonds. The van der Waals surface area contributed by atoms with Crippen molar-refractivity contribution in [2.75, 3.05) is 20.3 Å². The van der Waals surface area contributed by atoms with E-state index in [1.807, 2.05) is 19.1 Å². The second-order valence-corrected chi connectivity index (χ2v) is 5.83. The lowest BCUT2D eigenvalue weighted by Gasteiger charge is -2.36. The Labute approximate surface area is 121 Å². The van der Waals surface area contributed by atoms with Crippen LogP contribution in [0.5, 0.6) is 5.75 Å². The fraction of sp³-hybridized carbons (Fsp3) is 0.625. The zero-order valence-electron chi connectivity index (χ0n) is 12.6. The molecule has 1 aromatic rings. The van der Waals surface area contributed by atoms with E-state index in [9.17, 15) is 5.11 Å². The van der Waals surface area contributed by atoms with Crippen molar-refractivity contribution in [2.45, 2.75) is 38.4 Å². The number of hydrogen-bond acceptors (Lipinski definition) is 4. The van der Waals surface area contributed by atoms with Crippen molar-refractivity contribution in [3.63, 3.8) is 0 Å². The molecule has 1 saturated heterocycles. The lowest BCUT2D eigenvalue weighted by molar-refractivity contribution is 0.0927. The smallest absolute Gasteiger partial charge is 0.118 e. The number of ether oxygens (including phenoxy) is 1. The predicted octanol–water partition coefficient (Wildman–Crippen LogP) is 1.79. The zero-order chi connectivity index (χ0) is 14.7. The van der Waals surface area contributed by atoms with E-state index in [1.165, 1.54) is 5.56 Å². The van der Waals surface area contributed by atoms with Crippen LogP contribution < -0.4 is 10.5 Å². The highest BCUT2D eigenvalue weighted by Gasteiger charge is 2.37. The van der Waals surface area contributed by atoms with Gasteiger partial charge in [0.2, 0.25) is 0 Å². The molecule has 1 heterocycles. The number of aliphatic hydroxyl groups excluding tert-OH is 1. The van der Waals surface area contributed by atoms with Gasteiger partial charge in [0.15, 0.2) is 0 Å². The van der Waals surface area contributed by atoms with Gasteiger partial charge in [-0.2, -0.15) is 0 Å². The summed E-state index contributed by atoms with van der Waals surface area (Å²) >= 11 is 0. The standard InChI is InChI=1S/C16H26N2O2/c1-11-8-9-18(15(11)10-19)16(12(2)17)13-4-6-14(20-3)7-5-13/h4-7,11-12,15-16,19H,8-10,17H2,1-3H3. The summed E-state index contributed by atoms with van der Waals surface area (Å²) in [4.78, 5) is 2.36. The van der Waals surface area contributed by atoms with Gasteiger partial charge in [0.05, 0.1) is 19.8 Å². The van der Waals surface area contributed by atoms with Crippen molar-refractivity contribution in [1.29, 1.82) is 0 Å². The third-order valence-corrected chi connectivity index (χ3v) is 4.43. The number of nitrogens with zero attached hydrogens (tertiary/aromatic N) is 1. The van der Waals surface area contributed by atoms with Gasteiger partial charge < -0.3 is 15.6 Å². The van der Waals surface area contributed by atoms with E-state index in [-0.39, 0.29) is 24.7 Å². The van der Waals surface area contributed by atoms with Crippen LogP contribution in [0.1, 0.15) is 31.9 Å². The number of aliphatic hydroxyl groups is 1. The van der Waals surface area contributed by atoms with E-state index in [4.69, 9.17) is 10.5 Å². The van der Waals surface area contributed by atoms with Crippen LogP contribution in [0.25, 0.3) is 0 Å². The minimum absolute atomic E-state index is 0.0164. The van der Waals surface area contributed by atoms with Crippen LogP contribution in [0.15, 0.2) is 24.3 Å². The van der Waals surface area contributed by atoms with E-state index in [0.717, 1.165) is 18.7 Å². The number of nitrogens with two attached hydrogens (primary N) is 1. The molecule has 4 nitrogen and oxygen atoms in total. The normalized spacial score (nSPS) is 26.4. The van der Waals surface area contributed by atoms with Crippen LogP contribution in [0, 0.1) is 5.92 Å². The maximum absolute atomic E-state index is 9.66. The second-order valence-electron chi connectivity index (χ2n) is 5.83. The van der Waals surface area contributed by atoms with Crippen LogP contribution in [0.2, 0.25) is 0 Å². The van der Waals surface area contributed by atoms with E-state index in [1.54, 1.807) is 7.11 Å². The number of methoxy groups -OCH3 is 1. The average Bonchev–Trinajstić information content (AvgIpc) is 2.80. The van der Waals surface area contributed by atoms with Crippen molar-refractivity contribution in [1.82, 2.24) is 4.90 Å². The molecule has 4 atom stereocenters. The highest BCUT2D eigenvalue weighted by atomic mass is 16.5. The van der Waals surface area contributed by atoms with Crippen LogP contribution in [-0.4, -0.2) is 42.4 Å². The summed E-state index contributed by atoms with van der Waals surface area (Å²) in [6, 6.07) is 8.45. The predicted molar refractivity (Wildman–Crippen MR) is 80.7 cm³/mol. The Morgan fingerprint density at radius 2 is 2.05 bits per heavy atom. The molecule has 20 heavy (non-hydrogen) atoms. The molecule has 1 aromatic carbocycles. The number of hydrogen-bond donors (Lipinski definition) is 2. The van der Waals surface area contributed by atoms with E-state index < -0.39 is 0 Å². The molecule has 1 aliphatic rings. The lowest BCUT2D eigenvalue weighted by atomic mass is 9.97. The molecule has 1 fully saturated rings. The molecule has 112 valence electrons. The molecule has 0 bridgehead atoms. The summed E-state index contributed by atoms with van der Waals surface area (Å²) < 4.78 is 5.21. The monoisotopic (exact) mass is 278 g/mol. The summed E-state index contributed by atoms with van der Waals surface area (Å²) in [5.74, 6) is 1.37. The lowest BCUT2D eigenvalue weighted by Crippen LogP contribution is -2.44. The summed E-state index contributed by atoms with van der Waals surface area (Å²) in [5.41, 5.74) is 7.42. The molecule has 1 aliphatic heterocycles. The Kier molecular flexibility index (Phi) is 5.02. The molecular formula is C16H26N2O2. The average molecular weight is 278 g/mol. The first-order valence-electron chi connectivity index (χ1n) is 7.34. The Morgan fingerprint density at radius 1 is 1.40 bits per heavy atom. The molecule has 0 saturated carbocycles. The van der Waals surface area contributed by atoms with Gasteiger partial charge in [-0.25, -0.2) is 0 Å². The van der Waals surface area contributed by atoms with Gasteiger partial charge in [-0.1, -0.05) is 19.1 Å². The second kappa shape index (κ2) is 6.57. The molecule has 4 heteroatoms. The summed E-state index contributed by atoms with van der Waals surface area (Å²) in [7, 11) is 1.67. The van der Waals surface area contributed by atoms with Crippen molar-refractivity contribution >= 4 is 0 Å². The maximum Gasteiger partial charge on any atom is 0.118 e. The third kappa shape index (κ3) is 2.97. The van der Waals surface area contributed by atoms with Gasteiger partial charge in [0, 0.05) is 12.1 Å². The van der Waals surface area contributed by atoms with Gasteiger partial charge in [-0.15, -0.1) is 0 Å². The van der Waals surface area contributed by atoms with E-state index >= 15 is 0 Å². The van der Waals surface area contributed by atoms with Gasteiger partial charge in [0.1, 0.15) is 5.75 Å². The Hall–Kier alpha value is -1.10. The van der Waals surface area contributed by atoms with Crippen molar-refractivity contribution in [2.24, 2.45) is 11.7 Å². The zero-order valence-corrected chi connectivity index (χ0v) is 12.6. The number of rotatable bonds is 5. The van der Waals surface area contributed by atoms with E-state index in [2.05, 4.69) is 24.0 Å². The summed E-state index contributed by atoms with van der Waals surface area (Å²) in [6.07, 6.45) is 1.12. The SMILES string of the molecule is COc1ccc(C(C(C)N)N2CCC(C)C2CO)cc1. The molecule has 3 N–H and O–H groups in total. The van der Waals surface area contributed by atoms with Gasteiger partial charge in [-0.05, 0) is 43.5 Å². The Morgan fingerprint density at radius 3 is 2.55 bits per heavy atom. The Balaban J connectivity index is 2.26. The van der Waals surface area contributed by atoms with Crippen LogP contribution in [0.4, 0.5) is 0 Å². The van der Waals surface area contributed by atoms with Crippen LogP contribution in [-0.2, 0) is 0 Å². The van der Waals surface area contributed by atoms with Crippen molar-refractivity contribution in [3.8, 4) is 5.75 Å². The van der Waals surface area contributed by atoms with Crippen LogP contribution in [0.3, 0.4) is 0 Å². The topological polar surface area (TPSA) is 58.7 Å². The molecule has 0 spiro atoms. The first kappa shape index (κ1) is 15.3. The van der Waals surface area contributed by atoms with Gasteiger partial charge in [-0.3, -0.25) is 4.90 Å². The maximum atomic E-state index is 9.66. The summed E-state index contributed by atoms with van der Waals surface area (Å²) in [5, 5.41) is 9.66. The summed E-state index contributed by atoms with van der Waals surface area (Å²) in [6.45, 7) is 5.42.